The van der Waals surface area contributed by atoms with Crippen molar-refractivity contribution in [1.29, 1.82) is 0 Å². The predicted molar refractivity (Wildman–Crippen MR) is 70.9 cm³/mol. The van der Waals surface area contributed by atoms with Gasteiger partial charge in [0.15, 0.2) is 0 Å². The molecule has 0 rings (SSSR count). The molecule has 0 saturated heterocycles. The first-order chi connectivity index (χ1) is 6.64. The zero-order valence-electron chi connectivity index (χ0n) is 11.8. The molecule has 0 unspecified atom stereocenters. The van der Waals surface area contributed by atoms with Crippen LogP contribution in [0.2, 0.25) is 0 Å². The van der Waals surface area contributed by atoms with E-state index in [1.807, 2.05) is 0 Å². The molecule has 0 radical (unpaired) electrons. The van der Waals surface area contributed by atoms with Crippen molar-refractivity contribution in [2.75, 3.05) is 0 Å². The zero-order valence-corrected chi connectivity index (χ0v) is 11.8. The maximum atomic E-state index is 2.34. The lowest BCUT2D eigenvalue weighted by molar-refractivity contribution is 0.480. The minimum Gasteiger partial charge on any atom is -0.0656 e. The van der Waals surface area contributed by atoms with E-state index in [-0.39, 0.29) is 0 Å². The van der Waals surface area contributed by atoms with Crippen LogP contribution in [-0.2, 0) is 0 Å². The Bertz CT molecular complexity index is 49.1. The van der Waals surface area contributed by atoms with Crippen molar-refractivity contribution in [3.05, 3.63) is 0 Å². The van der Waals surface area contributed by atoms with Gasteiger partial charge in [0.25, 0.3) is 0 Å². The predicted octanol–water partition coefficient (Wildman–Crippen LogP) is 6.06. The van der Waals surface area contributed by atoms with Crippen LogP contribution in [0.1, 0.15) is 87.0 Å². The second-order valence-corrected chi connectivity index (χ2v) is 4.10. The van der Waals surface area contributed by atoms with Gasteiger partial charge < -0.3 is 0 Å². The number of hydrogen-bond donors (Lipinski definition) is 0. The summed E-state index contributed by atoms with van der Waals surface area (Å²) >= 11 is 0. The van der Waals surface area contributed by atoms with Gasteiger partial charge in [-0.1, -0.05) is 87.0 Å². The third-order valence-corrected chi connectivity index (χ3v) is 1.56. The van der Waals surface area contributed by atoms with Gasteiger partial charge in [-0.15, -0.1) is 0 Å². The highest BCUT2D eigenvalue weighted by atomic mass is 14.0. The molecule has 0 aromatic heterocycles. The molecular weight excluding hydrogens is 168 g/mol. The fourth-order valence-corrected chi connectivity index (χ4v) is 1.13. The molecule has 0 bridgehead atoms. The van der Waals surface area contributed by atoms with E-state index < -0.39 is 0 Å². The molecule has 0 atom stereocenters. The average Bonchev–Trinajstić information content (AvgIpc) is 2.07. The SMILES string of the molecule is CCC.CCC.CCCC(C)CCC. The molecule has 0 saturated carbocycles. The van der Waals surface area contributed by atoms with Crippen LogP contribution in [0, 0.1) is 5.92 Å². The van der Waals surface area contributed by atoms with E-state index >= 15 is 0 Å². The summed E-state index contributed by atoms with van der Waals surface area (Å²) in [6.07, 6.45) is 8.02. The molecule has 90 valence electrons. The van der Waals surface area contributed by atoms with E-state index in [4.69, 9.17) is 0 Å². The van der Waals surface area contributed by atoms with Crippen molar-refractivity contribution in [2.24, 2.45) is 5.92 Å². The quantitative estimate of drug-likeness (QED) is 0.520. The fraction of sp³-hybridized carbons (Fsp3) is 1.00. The number of hydrogen-bond acceptors (Lipinski definition) is 0. The molecule has 0 N–H and O–H groups in total. The Kier molecular flexibility index (Phi) is 32.3. The van der Waals surface area contributed by atoms with Crippen molar-refractivity contribution >= 4 is 0 Å². The van der Waals surface area contributed by atoms with Crippen LogP contribution in [0.3, 0.4) is 0 Å². The van der Waals surface area contributed by atoms with Crippen LogP contribution in [0.4, 0.5) is 0 Å². The van der Waals surface area contributed by atoms with Crippen molar-refractivity contribution < 1.29 is 0 Å². The summed E-state index contributed by atoms with van der Waals surface area (Å²) in [5, 5.41) is 0. The lowest BCUT2D eigenvalue weighted by Gasteiger charge is -2.05. The third kappa shape index (κ3) is 40.3. The van der Waals surface area contributed by atoms with Crippen molar-refractivity contribution in [3.63, 3.8) is 0 Å². The van der Waals surface area contributed by atoms with E-state index in [0.29, 0.717) is 0 Å². The van der Waals surface area contributed by atoms with Crippen LogP contribution in [-0.4, -0.2) is 0 Å². The minimum atomic E-state index is 0.963. The largest absolute Gasteiger partial charge is 0.0656 e. The van der Waals surface area contributed by atoms with Crippen LogP contribution >= 0.6 is 0 Å². The van der Waals surface area contributed by atoms with E-state index in [9.17, 15) is 0 Å². The molecule has 0 fully saturated rings. The highest BCUT2D eigenvalue weighted by Gasteiger charge is 1.95. The molecule has 0 spiro atoms. The molecule has 0 aromatic carbocycles. The van der Waals surface area contributed by atoms with Crippen LogP contribution < -0.4 is 0 Å². The maximum absolute atomic E-state index is 2.34. The van der Waals surface area contributed by atoms with Crippen molar-refractivity contribution in [3.8, 4) is 0 Å². The summed E-state index contributed by atoms with van der Waals surface area (Å²) in [5.41, 5.74) is 0. The van der Waals surface area contributed by atoms with Crippen molar-refractivity contribution in [1.82, 2.24) is 0 Å². The lowest BCUT2D eigenvalue weighted by Crippen LogP contribution is -1.91. The normalized spacial score (nSPS) is 8.57. The van der Waals surface area contributed by atoms with Gasteiger partial charge in [0, 0.05) is 0 Å². The first kappa shape index (κ1) is 19.6. The van der Waals surface area contributed by atoms with Gasteiger partial charge in [-0.25, -0.2) is 0 Å². The van der Waals surface area contributed by atoms with Gasteiger partial charge in [0.1, 0.15) is 0 Å². The monoisotopic (exact) mass is 202 g/mol. The first-order valence-corrected chi connectivity index (χ1v) is 6.64. The van der Waals surface area contributed by atoms with Gasteiger partial charge in [0.05, 0.1) is 0 Å². The molecule has 0 heteroatoms. The third-order valence-electron chi connectivity index (χ3n) is 1.56. The van der Waals surface area contributed by atoms with Gasteiger partial charge in [-0.05, 0) is 5.92 Å². The Morgan fingerprint density at radius 1 is 0.643 bits per heavy atom. The minimum absolute atomic E-state index is 0.963. The van der Waals surface area contributed by atoms with E-state index in [1.165, 1.54) is 38.5 Å². The molecule has 0 heterocycles. The highest BCUT2D eigenvalue weighted by molar-refractivity contribution is 4.48. The molecule has 0 aliphatic heterocycles. The summed E-state index contributed by atoms with van der Waals surface area (Å²) in [4.78, 5) is 0. The smallest absolute Gasteiger partial charge is 0.0443 e. The summed E-state index contributed by atoms with van der Waals surface area (Å²) < 4.78 is 0. The molecule has 0 aliphatic rings. The van der Waals surface area contributed by atoms with Gasteiger partial charge in [0.2, 0.25) is 0 Å². The zero-order chi connectivity index (χ0) is 11.8. The Morgan fingerprint density at radius 2 is 0.857 bits per heavy atom. The topological polar surface area (TPSA) is 0 Å². The summed E-state index contributed by atoms with van der Waals surface area (Å²) in [7, 11) is 0. The van der Waals surface area contributed by atoms with Gasteiger partial charge >= 0.3 is 0 Å². The Balaban J connectivity index is -0.000000168. The molecular formula is C14H34. The average molecular weight is 202 g/mol. The van der Waals surface area contributed by atoms with Crippen LogP contribution in [0.25, 0.3) is 0 Å². The van der Waals surface area contributed by atoms with Crippen molar-refractivity contribution in [2.45, 2.75) is 87.0 Å². The second-order valence-electron chi connectivity index (χ2n) is 4.10. The summed E-state index contributed by atoms with van der Waals surface area (Å²) in [6.45, 7) is 15.4. The van der Waals surface area contributed by atoms with Gasteiger partial charge in [-0.3, -0.25) is 0 Å². The van der Waals surface area contributed by atoms with Gasteiger partial charge in [-0.2, -0.15) is 0 Å². The molecule has 0 aliphatic carbocycles. The van der Waals surface area contributed by atoms with E-state index in [2.05, 4.69) is 48.5 Å². The molecule has 0 aromatic rings. The molecule has 14 heavy (non-hydrogen) atoms. The van der Waals surface area contributed by atoms with Crippen LogP contribution in [0.5, 0.6) is 0 Å². The molecule has 0 nitrogen and oxygen atoms in total. The fourth-order valence-electron chi connectivity index (χ4n) is 1.13. The highest BCUT2D eigenvalue weighted by Crippen LogP contribution is 2.10. The Labute approximate surface area is 93.5 Å². The second kappa shape index (κ2) is 23.1. The first-order valence-electron chi connectivity index (χ1n) is 6.64. The standard InChI is InChI=1S/C8H18.2C3H8/c1-4-6-8(3)7-5-2;2*1-3-2/h8H,4-7H2,1-3H3;2*3H2,1-2H3. The van der Waals surface area contributed by atoms with Crippen LogP contribution in [0.15, 0.2) is 0 Å². The van der Waals surface area contributed by atoms with E-state index in [1.54, 1.807) is 0 Å². The maximum Gasteiger partial charge on any atom is -0.0443 e. The Morgan fingerprint density at radius 3 is 1.00 bits per heavy atom. The molecule has 0 amide bonds. The lowest BCUT2D eigenvalue weighted by atomic mass is 10.0. The summed E-state index contributed by atoms with van der Waals surface area (Å²) in [5.74, 6) is 0.963. The van der Waals surface area contributed by atoms with E-state index in [0.717, 1.165) is 5.92 Å². The summed E-state index contributed by atoms with van der Waals surface area (Å²) in [6, 6.07) is 0. The number of rotatable bonds is 4. The Hall–Kier alpha value is 0.